The molecule has 0 spiro atoms. The van der Waals surface area contributed by atoms with Gasteiger partial charge in [-0.25, -0.2) is 9.97 Å². The Morgan fingerprint density at radius 1 is 1.20 bits per heavy atom. The van der Waals surface area contributed by atoms with Crippen LogP contribution in [0.3, 0.4) is 0 Å². The van der Waals surface area contributed by atoms with Gasteiger partial charge in [-0.2, -0.15) is 0 Å². The minimum absolute atomic E-state index is 0.0252. The predicted octanol–water partition coefficient (Wildman–Crippen LogP) is 2.42. The summed E-state index contributed by atoms with van der Waals surface area (Å²) in [5, 5.41) is 12.4. The Morgan fingerprint density at radius 3 is 2.64 bits per heavy atom. The van der Waals surface area contributed by atoms with E-state index in [1.54, 1.807) is 24.5 Å². The number of aliphatic hydroxyl groups is 1. The van der Waals surface area contributed by atoms with Crippen LogP contribution in [0.25, 0.3) is 11.0 Å². The Balaban J connectivity index is 1.68. The second-order valence-corrected chi connectivity index (χ2v) is 6.14. The first-order chi connectivity index (χ1) is 12.1. The first-order valence-corrected chi connectivity index (χ1v) is 8.23. The fourth-order valence-electron chi connectivity index (χ4n) is 2.63. The summed E-state index contributed by atoms with van der Waals surface area (Å²) < 4.78 is 5.29. The smallest absolute Gasteiger partial charge is 0.251 e. The Labute approximate surface area is 145 Å². The first kappa shape index (κ1) is 17.1. The van der Waals surface area contributed by atoms with Crippen molar-refractivity contribution in [2.75, 3.05) is 13.2 Å². The maximum atomic E-state index is 12.4. The Bertz CT molecular complexity index is 875. The maximum absolute atomic E-state index is 12.4. The summed E-state index contributed by atoms with van der Waals surface area (Å²) in [5.74, 6) is 0.500. The number of hydrogen-bond acceptors (Lipinski definition) is 5. The summed E-state index contributed by atoms with van der Waals surface area (Å²) in [4.78, 5) is 21.4. The molecule has 3 rings (SSSR count). The molecule has 1 unspecified atom stereocenters. The largest absolute Gasteiger partial charge is 0.469 e. The van der Waals surface area contributed by atoms with E-state index in [1.807, 2.05) is 26.0 Å². The predicted molar refractivity (Wildman–Crippen MR) is 94.3 cm³/mol. The van der Waals surface area contributed by atoms with Gasteiger partial charge < -0.3 is 14.8 Å². The van der Waals surface area contributed by atoms with Gasteiger partial charge in [-0.05, 0) is 44.2 Å². The number of fused-ring (bicyclic) bond motifs is 1. The summed E-state index contributed by atoms with van der Waals surface area (Å²) in [6.45, 7) is 4.15. The van der Waals surface area contributed by atoms with Crippen molar-refractivity contribution < 1.29 is 14.3 Å². The van der Waals surface area contributed by atoms with Crippen LogP contribution in [0.1, 0.15) is 27.5 Å². The quantitative estimate of drug-likeness (QED) is 0.720. The molecule has 0 aliphatic carbocycles. The Kier molecular flexibility index (Phi) is 5.09. The zero-order valence-corrected chi connectivity index (χ0v) is 14.3. The van der Waals surface area contributed by atoms with Crippen molar-refractivity contribution in [2.45, 2.75) is 20.3 Å². The average molecular weight is 339 g/mol. The number of aliphatic hydroxyl groups excluding tert-OH is 1. The molecule has 0 radical (unpaired) electrons. The lowest BCUT2D eigenvalue weighted by Crippen LogP contribution is -2.31. The van der Waals surface area contributed by atoms with E-state index in [-0.39, 0.29) is 18.4 Å². The number of furan rings is 1. The van der Waals surface area contributed by atoms with Crippen LogP contribution >= 0.6 is 0 Å². The lowest BCUT2D eigenvalue weighted by Gasteiger charge is -2.14. The normalized spacial score (nSPS) is 12.3. The number of aromatic nitrogens is 2. The fourth-order valence-corrected chi connectivity index (χ4v) is 2.63. The Hall–Kier alpha value is -2.73. The molecule has 1 atom stereocenters. The molecule has 0 saturated heterocycles. The molecular formula is C19H21N3O3. The van der Waals surface area contributed by atoms with E-state index in [1.165, 1.54) is 0 Å². The highest BCUT2D eigenvalue weighted by Crippen LogP contribution is 2.15. The fraction of sp³-hybridized carbons (Fsp3) is 0.316. The monoisotopic (exact) mass is 339 g/mol. The summed E-state index contributed by atoms with van der Waals surface area (Å²) in [5.41, 5.74) is 3.73. The molecule has 0 aliphatic heterocycles. The van der Waals surface area contributed by atoms with Crippen LogP contribution in [0, 0.1) is 19.8 Å². The lowest BCUT2D eigenvalue weighted by molar-refractivity contribution is 0.0939. The molecule has 0 fully saturated rings. The molecular weight excluding hydrogens is 318 g/mol. The van der Waals surface area contributed by atoms with Gasteiger partial charge in [0.1, 0.15) is 5.76 Å². The van der Waals surface area contributed by atoms with Crippen LogP contribution in [0.5, 0.6) is 0 Å². The highest BCUT2D eigenvalue weighted by Gasteiger charge is 2.14. The van der Waals surface area contributed by atoms with E-state index < -0.39 is 0 Å². The molecule has 25 heavy (non-hydrogen) atoms. The molecule has 0 bridgehead atoms. The summed E-state index contributed by atoms with van der Waals surface area (Å²) in [6.07, 6.45) is 2.17. The van der Waals surface area contributed by atoms with Crippen LogP contribution in [0.4, 0.5) is 0 Å². The topological polar surface area (TPSA) is 88.2 Å². The maximum Gasteiger partial charge on any atom is 0.251 e. The molecule has 0 aliphatic rings. The van der Waals surface area contributed by atoms with Crippen LogP contribution in [-0.2, 0) is 6.42 Å². The minimum atomic E-state index is -0.195. The minimum Gasteiger partial charge on any atom is -0.469 e. The van der Waals surface area contributed by atoms with Gasteiger partial charge >= 0.3 is 0 Å². The molecule has 1 amide bonds. The number of carbonyl (C=O) groups is 1. The highest BCUT2D eigenvalue weighted by atomic mass is 16.3. The number of nitrogens with zero attached hydrogens (tertiary/aromatic N) is 2. The first-order valence-electron chi connectivity index (χ1n) is 8.23. The van der Waals surface area contributed by atoms with Crippen LogP contribution in [0.15, 0.2) is 41.0 Å². The van der Waals surface area contributed by atoms with E-state index in [0.717, 1.165) is 22.7 Å². The molecule has 2 heterocycles. The number of carbonyl (C=O) groups excluding carboxylic acids is 1. The molecule has 2 N–H and O–H groups in total. The Morgan fingerprint density at radius 2 is 1.96 bits per heavy atom. The average Bonchev–Trinajstić information content (AvgIpc) is 3.12. The van der Waals surface area contributed by atoms with Crippen molar-refractivity contribution in [2.24, 2.45) is 5.92 Å². The van der Waals surface area contributed by atoms with Crippen molar-refractivity contribution in [1.82, 2.24) is 15.3 Å². The van der Waals surface area contributed by atoms with E-state index in [2.05, 4.69) is 15.3 Å². The van der Waals surface area contributed by atoms with Crippen molar-refractivity contribution >= 4 is 16.9 Å². The number of benzene rings is 1. The van der Waals surface area contributed by atoms with Crippen molar-refractivity contribution in [3.8, 4) is 0 Å². The summed E-state index contributed by atoms with van der Waals surface area (Å²) in [7, 11) is 0. The molecule has 2 aromatic heterocycles. The molecule has 3 aromatic rings. The molecule has 6 nitrogen and oxygen atoms in total. The van der Waals surface area contributed by atoms with Crippen molar-refractivity contribution in [3.05, 3.63) is 59.3 Å². The van der Waals surface area contributed by atoms with E-state index in [9.17, 15) is 9.90 Å². The number of rotatable bonds is 6. The molecule has 130 valence electrons. The van der Waals surface area contributed by atoms with E-state index >= 15 is 0 Å². The third-order valence-electron chi connectivity index (χ3n) is 4.22. The van der Waals surface area contributed by atoms with Gasteiger partial charge in [0.05, 0.1) is 28.7 Å². The third-order valence-corrected chi connectivity index (χ3v) is 4.22. The second-order valence-electron chi connectivity index (χ2n) is 6.14. The van der Waals surface area contributed by atoms with Crippen LogP contribution < -0.4 is 5.32 Å². The van der Waals surface area contributed by atoms with E-state index in [4.69, 9.17) is 4.42 Å². The van der Waals surface area contributed by atoms with Crippen molar-refractivity contribution in [3.63, 3.8) is 0 Å². The second kappa shape index (κ2) is 7.44. The molecule has 1 aromatic carbocycles. The number of aryl methyl sites for hydroxylation is 2. The van der Waals surface area contributed by atoms with Crippen LogP contribution in [0.2, 0.25) is 0 Å². The number of nitrogens with one attached hydrogen (secondary N) is 1. The van der Waals surface area contributed by atoms with Gasteiger partial charge in [-0.3, -0.25) is 4.79 Å². The van der Waals surface area contributed by atoms with Gasteiger partial charge in [0.2, 0.25) is 0 Å². The van der Waals surface area contributed by atoms with E-state index in [0.29, 0.717) is 24.0 Å². The van der Waals surface area contributed by atoms with Gasteiger partial charge in [-0.1, -0.05) is 0 Å². The van der Waals surface area contributed by atoms with Gasteiger partial charge in [0, 0.05) is 31.1 Å². The van der Waals surface area contributed by atoms with Gasteiger partial charge in [0.25, 0.3) is 5.91 Å². The van der Waals surface area contributed by atoms with Gasteiger partial charge in [0.15, 0.2) is 0 Å². The zero-order chi connectivity index (χ0) is 17.8. The van der Waals surface area contributed by atoms with Crippen molar-refractivity contribution in [1.29, 1.82) is 0 Å². The number of hydrogen-bond donors (Lipinski definition) is 2. The standard InChI is InChI=1S/C19H21N3O3/c1-12-13(2)22-18-9-15(5-6-17(18)21-12)19(24)20-10-14(11-23)8-16-4-3-7-25-16/h3-7,9,14,23H,8,10-11H2,1-2H3,(H,20,24). The lowest BCUT2D eigenvalue weighted by atomic mass is 10.0. The zero-order valence-electron chi connectivity index (χ0n) is 14.3. The van der Waals surface area contributed by atoms with Crippen LogP contribution in [-0.4, -0.2) is 34.1 Å². The van der Waals surface area contributed by atoms with Gasteiger partial charge in [-0.15, -0.1) is 0 Å². The SMILES string of the molecule is Cc1nc2ccc(C(=O)NCC(CO)Cc3ccco3)cc2nc1C. The molecule has 0 saturated carbocycles. The number of amides is 1. The highest BCUT2D eigenvalue weighted by molar-refractivity contribution is 5.97. The third kappa shape index (κ3) is 4.03. The molecule has 6 heteroatoms. The summed E-state index contributed by atoms with van der Waals surface area (Å²) in [6, 6.07) is 8.95. The summed E-state index contributed by atoms with van der Waals surface area (Å²) >= 11 is 0.